The van der Waals surface area contributed by atoms with Crippen molar-refractivity contribution in [1.82, 2.24) is 30.2 Å². The lowest BCUT2D eigenvalue weighted by atomic mass is 10.1. The lowest BCUT2D eigenvalue weighted by Gasteiger charge is -2.35. The summed E-state index contributed by atoms with van der Waals surface area (Å²) in [6.45, 7) is 6.64. The molecule has 2 fully saturated rings. The van der Waals surface area contributed by atoms with Crippen LogP contribution in [0.5, 0.6) is 5.75 Å². The normalized spacial score (nSPS) is 18.4. The Morgan fingerprint density at radius 2 is 1.96 bits per heavy atom. The van der Waals surface area contributed by atoms with Crippen molar-refractivity contribution in [3.63, 3.8) is 0 Å². The first-order valence-corrected chi connectivity index (χ1v) is 9.84. The number of anilines is 1. The second-order valence-corrected chi connectivity index (χ2v) is 7.28. The number of piperazine rings is 1. The van der Waals surface area contributed by atoms with Gasteiger partial charge in [0.05, 0.1) is 18.8 Å². The van der Waals surface area contributed by atoms with Gasteiger partial charge in [-0.3, -0.25) is 4.79 Å². The predicted molar refractivity (Wildman–Crippen MR) is 105 cm³/mol. The second-order valence-electron chi connectivity index (χ2n) is 7.28. The Kier molecular flexibility index (Phi) is 5.43. The Balaban J connectivity index is 1.41. The molecule has 28 heavy (non-hydrogen) atoms. The van der Waals surface area contributed by atoms with E-state index in [4.69, 9.17) is 4.74 Å². The summed E-state index contributed by atoms with van der Waals surface area (Å²) >= 11 is 0. The Bertz CT molecular complexity index is 823. The zero-order chi connectivity index (χ0) is 19.5. The molecule has 0 aromatic carbocycles. The molecule has 2 saturated heterocycles. The van der Waals surface area contributed by atoms with Crippen LogP contribution in [0, 0.1) is 6.92 Å². The Morgan fingerprint density at radius 3 is 2.68 bits per heavy atom. The van der Waals surface area contributed by atoms with Crippen LogP contribution in [-0.2, 0) is 0 Å². The molecular formula is C19H27N7O2. The summed E-state index contributed by atoms with van der Waals surface area (Å²) in [5.74, 6) is 1.63. The van der Waals surface area contributed by atoms with E-state index in [-0.39, 0.29) is 5.91 Å². The highest BCUT2D eigenvalue weighted by molar-refractivity contribution is 5.93. The maximum absolute atomic E-state index is 13.0. The van der Waals surface area contributed by atoms with Gasteiger partial charge in [-0.1, -0.05) is 5.21 Å². The van der Waals surface area contributed by atoms with Crippen molar-refractivity contribution in [2.24, 2.45) is 0 Å². The monoisotopic (exact) mass is 385 g/mol. The van der Waals surface area contributed by atoms with Gasteiger partial charge in [0.2, 0.25) is 0 Å². The zero-order valence-corrected chi connectivity index (χ0v) is 16.5. The van der Waals surface area contributed by atoms with Gasteiger partial charge in [0.1, 0.15) is 11.6 Å². The number of aromatic nitrogens is 4. The van der Waals surface area contributed by atoms with Crippen LogP contribution < -0.4 is 15.0 Å². The Hall–Kier alpha value is -2.68. The number of amides is 1. The minimum Gasteiger partial charge on any atom is -0.497 e. The first kappa shape index (κ1) is 18.7. The standard InChI is InChI=1S/C19H27N7O2/c1-14-18(22-23-26(14)15-3-6-20-7-4-15)19(27)25-11-9-24(10-12-25)17-13-16(28-2)5-8-21-17/h5,8,13,15,20H,3-4,6-7,9-12H2,1-2H3. The summed E-state index contributed by atoms with van der Waals surface area (Å²) in [5, 5.41) is 11.9. The van der Waals surface area contributed by atoms with E-state index < -0.39 is 0 Å². The summed E-state index contributed by atoms with van der Waals surface area (Å²) in [4.78, 5) is 21.5. The molecular weight excluding hydrogens is 358 g/mol. The maximum atomic E-state index is 13.0. The summed E-state index contributed by atoms with van der Waals surface area (Å²) in [7, 11) is 1.65. The maximum Gasteiger partial charge on any atom is 0.276 e. The second kappa shape index (κ2) is 8.14. The van der Waals surface area contributed by atoms with Crippen molar-refractivity contribution in [2.45, 2.75) is 25.8 Å². The van der Waals surface area contributed by atoms with Crippen LogP contribution in [0.3, 0.4) is 0 Å². The Morgan fingerprint density at radius 1 is 1.21 bits per heavy atom. The summed E-state index contributed by atoms with van der Waals surface area (Å²) in [6.07, 6.45) is 3.78. The molecule has 4 heterocycles. The first-order valence-electron chi connectivity index (χ1n) is 9.84. The minimum absolute atomic E-state index is 0.0315. The van der Waals surface area contributed by atoms with E-state index in [1.54, 1.807) is 13.3 Å². The number of nitrogens with one attached hydrogen (secondary N) is 1. The number of carbonyl (C=O) groups is 1. The van der Waals surface area contributed by atoms with E-state index in [9.17, 15) is 4.79 Å². The molecule has 1 N–H and O–H groups in total. The quantitative estimate of drug-likeness (QED) is 0.836. The third-order valence-corrected chi connectivity index (χ3v) is 5.63. The molecule has 150 valence electrons. The van der Waals surface area contributed by atoms with Crippen LogP contribution >= 0.6 is 0 Å². The van der Waals surface area contributed by atoms with Crippen LogP contribution in [0.1, 0.15) is 35.1 Å². The number of methoxy groups -OCH3 is 1. The van der Waals surface area contributed by atoms with Crippen molar-refractivity contribution >= 4 is 11.7 Å². The molecule has 0 spiro atoms. The molecule has 0 aliphatic carbocycles. The van der Waals surface area contributed by atoms with Gasteiger partial charge in [-0.15, -0.1) is 5.10 Å². The number of piperidine rings is 1. The van der Waals surface area contributed by atoms with Gasteiger partial charge in [0.25, 0.3) is 5.91 Å². The molecule has 0 atom stereocenters. The fourth-order valence-electron chi connectivity index (χ4n) is 3.92. The average molecular weight is 385 g/mol. The fourth-order valence-corrected chi connectivity index (χ4v) is 3.92. The minimum atomic E-state index is -0.0315. The van der Waals surface area contributed by atoms with Gasteiger partial charge in [-0.05, 0) is 38.9 Å². The summed E-state index contributed by atoms with van der Waals surface area (Å²) in [5.41, 5.74) is 1.35. The highest BCUT2D eigenvalue weighted by atomic mass is 16.5. The van der Waals surface area contributed by atoms with Crippen molar-refractivity contribution in [2.75, 3.05) is 51.3 Å². The van der Waals surface area contributed by atoms with E-state index in [1.165, 1.54) is 0 Å². The van der Waals surface area contributed by atoms with Crippen molar-refractivity contribution < 1.29 is 9.53 Å². The number of hydrogen-bond donors (Lipinski definition) is 1. The molecule has 0 radical (unpaired) electrons. The number of carbonyl (C=O) groups excluding carboxylic acids is 1. The molecule has 1 amide bonds. The molecule has 9 nitrogen and oxygen atoms in total. The highest BCUT2D eigenvalue weighted by Crippen LogP contribution is 2.22. The third kappa shape index (κ3) is 3.66. The SMILES string of the molecule is COc1ccnc(N2CCN(C(=O)c3nnn(C4CCNCC4)c3C)CC2)c1. The van der Waals surface area contributed by atoms with Crippen molar-refractivity contribution in [3.05, 3.63) is 29.7 Å². The number of pyridine rings is 1. The average Bonchev–Trinajstić information content (AvgIpc) is 3.15. The molecule has 0 saturated carbocycles. The van der Waals surface area contributed by atoms with Crippen molar-refractivity contribution in [1.29, 1.82) is 0 Å². The zero-order valence-electron chi connectivity index (χ0n) is 16.5. The van der Waals surface area contributed by atoms with Gasteiger partial charge in [0.15, 0.2) is 5.69 Å². The van der Waals surface area contributed by atoms with E-state index in [2.05, 4.69) is 25.5 Å². The van der Waals surface area contributed by atoms with Gasteiger partial charge in [-0.2, -0.15) is 0 Å². The lowest BCUT2D eigenvalue weighted by Crippen LogP contribution is -2.49. The van der Waals surface area contributed by atoms with E-state index in [0.29, 0.717) is 24.8 Å². The number of ether oxygens (including phenoxy) is 1. The number of nitrogens with zero attached hydrogens (tertiary/aromatic N) is 6. The summed E-state index contributed by atoms with van der Waals surface area (Å²) in [6, 6.07) is 4.08. The molecule has 9 heteroatoms. The van der Waals surface area contributed by atoms with Crippen LogP contribution in [0.4, 0.5) is 5.82 Å². The van der Waals surface area contributed by atoms with Crippen LogP contribution in [-0.4, -0.2) is 77.2 Å². The molecule has 4 rings (SSSR count). The molecule has 0 bridgehead atoms. The highest BCUT2D eigenvalue weighted by Gasteiger charge is 2.28. The number of hydrogen-bond acceptors (Lipinski definition) is 7. The van der Waals surface area contributed by atoms with Crippen molar-refractivity contribution in [3.8, 4) is 5.75 Å². The fraction of sp³-hybridized carbons (Fsp3) is 0.579. The van der Waals surface area contributed by atoms with Crippen LogP contribution in [0.15, 0.2) is 18.3 Å². The Labute approximate surface area is 164 Å². The summed E-state index contributed by atoms with van der Waals surface area (Å²) < 4.78 is 7.21. The molecule has 2 aromatic heterocycles. The van der Waals surface area contributed by atoms with E-state index >= 15 is 0 Å². The topological polar surface area (TPSA) is 88.4 Å². The first-order chi connectivity index (χ1) is 13.7. The van der Waals surface area contributed by atoms with E-state index in [0.717, 1.165) is 56.3 Å². The smallest absolute Gasteiger partial charge is 0.276 e. The third-order valence-electron chi connectivity index (χ3n) is 5.63. The molecule has 0 unspecified atom stereocenters. The van der Waals surface area contributed by atoms with E-state index in [1.807, 2.05) is 28.6 Å². The van der Waals surface area contributed by atoms with Gasteiger partial charge < -0.3 is 19.9 Å². The molecule has 2 aromatic rings. The van der Waals surface area contributed by atoms with Crippen LogP contribution in [0.2, 0.25) is 0 Å². The van der Waals surface area contributed by atoms with Gasteiger partial charge >= 0.3 is 0 Å². The largest absolute Gasteiger partial charge is 0.497 e. The molecule has 2 aliphatic rings. The lowest BCUT2D eigenvalue weighted by molar-refractivity contribution is 0.0739. The predicted octanol–water partition coefficient (Wildman–Crippen LogP) is 0.877. The molecule has 2 aliphatic heterocycles. The number of rotatable bonds is 4. The van der Waals surface area contributed by atoms with Gasteiger partial charge in [0, 0.05) is 38.4 Å². The van der Waals surface area contributed by atoms with Gasteiger partial charge in [-0.25, -0.2) is 9.67 Å². The van der Waals surface area contributed by atoms with Crippen LogP contribution in [0.25, 0.3) is 0 Å².